The molecule has 0 spiro atoms. The van der Waals surface area contributed by atoms with Gasteiger partial charge in [0.05, 0.1) is 0 Å². The maximum Gasteiger partial charge on any atom is -0.0321 e. The molecule has 0 saturated heterocycles. The molecule has 0 heterocycles. The summed E-state index contributed by atoms with van der Waals surface area (Å²) in [5.41, 5.74) is 0. The monoisotopic (exact) mass is 272 g/mol. The highest BCUT2D eigenvalue weighted by Crippen LogP contribution is 2.68. The highest BCUT2D eigenvalue weighted by Gasteiger charge is 2.61. The Balaban J connectivity index is 1.56. The van der Waals surface area contributed by atoms with Crippen LogP contribution in [0.5, 0.6) is 0 Å². The van der Waals surface area contributed by atoms with E-state index in [0.717, 1.165) is 0 Å². The van der Waals surface area contributed by atoms with Gasteiger partial charge in [-0.05, 0) is 85.9 Å². The Hall–Kier alpha value is 0. The second-order valence-electron chi connectivity index (χ2n) is 8.99. The van der Waals surface area contributed by atoms with Crippen molar-refractivity contribution in [2.45, 2.75) is 77.0 Å². The quantitative estimate of drug-likeness (QED) is 0.533. The van der Waals surface area contributed by atoms with Crippen LogP contribution in [-0.2, 0) is 0 Å². The van der Waals surface area contributed by atoms with Crippen molar-refractivity contribution in [3.05, 3.63) is 0 Å². The van der Waals surface area contributed by atoms with Crippen molar-refractivity contribution < 1.29 is 0 Å². The first kappa shape index (κ1) is 12.5. The fraction of sp³-hybridized carbons (Fsp3) is 1.00. The first-order valence-corrected chi connectivity index (χ1v) is 9.95. The van der Waals surface area contributed by atoms with Crippen molar-refractivity contribution in [3.63, 3.8) is 0 Å². The van der Waals surface area contributed by atoms with Gasteiger partial charge in [0.2, 0.25) is 0 Å². The van der Waals surface area contributed by atoms with Crippen LogP contribution in [0.15, 0.2) is 0 Å². The molecule has 0 aromatic carbocycles. The average Bonchev–Trinajstić information content (AvgIpc) is 2.54. The Morgan fingerprint density at radius 3 is 0.700 bits per heavy atom. The van der Waals surface area contributed by atoms with Crippen LogP contribution in [0.1, 0.15) is 77.0 Å². The Morgan fingerprint density at radius 2 is 0.500 bits per heavy atom. The Bertz CT molecular complexity index is 279. The van der Waals surface area contributed by atoms with Gasteiger partial charge in [-0.3, -0.25) is 0 Å². The van der Waals surface area contributed by atoms with E-state index >= 15 is 0 Å². The molecule has 0 N–H and O–H groups in total. The van der Waals surface area contributed by atoms with E-state index in [2.05, 4.69) is 0 Å². The third kappa shape index (κ3) is 1.60. The van der Waals surface area contributed by atoms with Gasteiger partial charge in [-0.2, -0.15) is 0 Å². The molecule has 6 fully saturated rings. The lowest BCUT2D eigenvalue weighted by Gasteiger charge is -2.67. The largest absolute Gasteiger partial charge is 0.0530 e. The molecule has 0 radical (unpaired) electrons. The summed E-state index contributed by atoms with van der Waals surface area (Å²) < 4.78 is 0. The molecule has 6 aliphatic carbocycles. The van der Waals surface area contributed by atoms with Crippen molar-refractivity contribution in [2.75, 3.05) is 0 Å². The van der Waals surface area contributed by atoms with E-state index in [9.17, 15) is 0 Å². The molecular formula is C20H32. The van der Waals surface area contributed by atoms with Gasteiger partial charge < -0.3 is 0 Å². The van der Waals surface area contributed by atoms with Gasteiger partial charge in [0.25, 0.3) is 0 Å². The molecule has 6 atom stereocenters. The Kier molecular flexibility index (Phi) is 2.98. The highest BCUT2D eigenvalue weighted by molar-refractivity contribution is 5.09. The second kappa shape index (κ2) is 4.75. The fourth-order valence-electron chi connectivity index (χ4n) is 8.34. The predicted octanol–water partition coefficient (Wildman–Crippen LogP) is 5.67. The molecular weight excluding hydrogens is 240 g/mol. The molecule has 2 unspecified atom stereocenters. The van der Waals surface area contributed by atoms with Gasteiger partial charge in [0.1, 0.15) is 0 Å². The van der Waals surface area contributed by atoms with Gasteiger partial charge in [0.15, 0.2) is 0 Å². The third-order valence-corrected chi connectivity index (χ3v) is 8.59. The zero-order valence-corrected chi connectivity index (χ0v) is 13.1. The molecule has 0 aliphatic heterocycles. The summed E-state index contributed by atoms with van der Waals surface area (Å²) >= 11 is 0. The number of hydrogen-bond acceptors (Lipinski definition) is 0. The molecule has 0 amide bonds. The van der Waals surface area contributed by atoms with Gasteiger partial charge in [0, 0.05) is 0 Å². The van der Waals surface area contributed by atoms with E-state index in [-0.39, 0.29) is 0 Å². The van der Waals surface area contributed by atoms with Crippen molar-refractivity contribution >= 4 is 0 Å². The molecule has 0 nitrogen and oxygen atoms in total. The molecule has 112 valence electrons. The summed E-state index contributed by atoms with van der Waals surface area (Å²) in [4.78, 5) is 0. The minimum absolute atomic E-state index is 1.19. The molecule has 2 bridgehead atoms. The fourth-order valence-corrected chi connectivity index (χ4v) is 8.34. The van der Waals surface area contributed by atoms with Crippen molar-refractivity contribution in [1.82, 2.24) is 0 Å². The molecule has 0 heteroatoms. The van der Waals surface area contributed by atoms with E-state index in [1.54, 1.807) is 77.0 Å². The zero-order valence-electron chi connectivity index (χ0n) is 13.1. The molecule has 6 aliphatic rings. The van der Waals surface area contributed by atoms with Gasteiger partial charge in [-0.15, -0.1) is 0 Å². The zero-order chi connectivity index (χ0) is 13.1. The van der Waals surface area contributed by atoms with Crippen LogP contribution in [0.3, 0.4) is 0 Å². The van der Waals surface area contributed by atoms with E-state index in [1.165, 1.54) is 47.3 Å². The molecule has 6 saturated carbocycles. The summed E-state index contributed by atoms with van der Waals surface area (Å²) in [6.07, 6.45) is 19.2. The normalized spacial score (nSPS) is 57.6. The average molecular weight is 272 g/mol. The van der Waals surface area contributed by atoms with Crippen molar-refractivity contribution in [1.29, 1.82) is 0 Å². The van der Waals surface area contributed by atoms with Crippen LogP contribution in [0, 0.1) is 47.3 Å². The predicted molar refractivity (Wildman–Crippen MR) is 83.3 cm³/mol. The lowest BCUT2D eigenvalue weighted by Crippen LogP contribution is -2.61. The lowest BCUT2D eigenvalue weighted by molar-refractivity contribution is -0.186. The standard InChI is InChI=1S/C20H32/c1-2-8-14-13(7-1)19-15-9-3-5-11-17(15)20(14)18-12-6-4-10-16(18)19/h13-20H,1-12H2/t13-,14-,15-,16?,17-,18?,19?,20?/m0/s1. The Labute approximate surface area is 125 Å². The SMILES string of the molecule is C1CCC2C(C1)C1[C@H]3CCCC[C@@H]3C2[C@H]2CCCC[C@H]12. The van der Waals surface area contributed by atoms with Gasteiger partial charge in [-0.1, -0.05) is 38.5 Å². The number of rotatable bonds is 0. The lowest BCUT2D eigenvalue weighted by atomic mass is 9.38. The summed E-state index contributed by atoms with van der Waals surface area (Å²) in [5.74, 6) is 9.52. The molecule has 6 rings (SSSR count). The summed E-state index contributed by atoms with van der Waals surface area (Å²) in [7, 11) is 0. The van der Waals surface area contributed by atoms with Gasteiger partial charge >= 0.3 is 0 Å². The molecule has 0 aromatic rings. The molecule has 20 heavy (non-hydrogen) atoms. The molecule has 0 aromatic heterocycles. The van der Waals surface area contributed by atoms with Crippen molar-refractivity contribution in [2.24, 2.45) is 47.3 Å². The maximum atomic E-state index is 1.62. The second-order valence-corrected chi connectivity index (χ2v) is 8.99. The van der Waals surface area contributed by atoms with Crippen LogP contribution in [-0.4, -0.2) is 0 Å². The topological polar surface area (TPSA) is 0 Å². The smallest absolute Gasteiger partial charge is 0.0321 e. The van der Waals surface area contributed by atoms with Crippen molar-refractivity contribution in [3.8, 4) is 0 Å². The first-order valence-electron chi connectivity index (χ1n) is 9.95. The summed E-state index contributed by atoms with van der Waals surface area (Å²) in [6.45, 7) is 0. The van der Waals surface area contributed by atoms with E-state index in [4.69, 9.17) is 0 Å². The third-order valence-electron chi connectivity index (χ3n) is 8.59. The van der Waals surface area contributed by atoms with Gasteiger partial charge in [-0.25, -0.2) is 0 Å². The van der Waals surface area contributed by atoms with E-state index in [1.807, 2.05) is 0 Å². The highest BCUT2D eigenvalue weighted by atomic mass is 14.7. The summed E-state index contributed by atoms with van der Waals surface area (Å²) in [6, 6.07) is 0. The summed E-state index contributed by atoms with van der Waals surface area (Å²) in [5, 5.41) is 0. The van der Waals surface area contributed by atoms with Crippen LogP contribution >= 0.6 is 0 Å². The van der Waals surface area contributed by atoms with Crippen LogP contribution in [0.2, 0.25) is 0 Å². The van der Waals surface area contributed by atoms with Crippen LogP contribution in [0.4, 0.5) is 0 Å². The Morgan fingerprint density at radius 1 is 0.300 bits per heavy atom. The minimum Gasteiger partial charge on any atom is -0.0530 e. The van der Waals surface area contributed by atoms with E-state index in [0.29, 0.717) is 0 Å². The van der Waals surface area contributed by atoms with E-state index < -0.39 is 0 Å². The van der Waals surface area contributed by atoms with Crippen LogP contribution < -0.4 is 0 Å². The number of hydrogen-bond donors (Lipinski definition) is 0. The van der Waals surface area contributed by atoms with Crippen LogP contribution in [0.25, 0.3) is 0 Å². The minimum atomic E-state index is 1.19. The maximum absolute atomic E-state index is 1.62. The first-order chi connectivity index (χ1) is 9.95.